The molecule has 0 radical (unpaired) electrons. The van der Waals surface area contributed by atoms with Gasteiger partial charge in [-0.25, -0.2) is 0 Å². The van der Waals surface area contributed by atoms with E-state index in [2.05, 4.69) is 27.5 Å². The zero-order chi connectivity index (χ0) is 22.5. The molecule has 0 saturated heterocycles. The number of carbonyl (C=O) groups is 1. The van der Waals surface area contributed by atoms with Crippen LogP contribution in [0, 0.1) is 0 Å². The second-order valence-electron chi connectivity index (χ2n) is 7.37. The van der Waals surface area contributed by atoms with Crippen LogP contribution >= 0.6 is 23.1 Å². The van der Waals surface area contributed by atoms with Crippen LogP contribution in [0.3, 0.4) is 0 Å². The maximum absolute atomic E-state index is 12.6. The third-order valence-electron chi connectivity index (χ3n) is 5.34. The number of aromatic nitrogens is 3. The number of benzene rings is 1. The monoisotopic (exact) mass is 470 g/mol. The summed E-state index contributed by atoms with van der Waals surface area (Å²) in [6, 6.07) is 5.28. The second kappa shape index (κ2) is 10.2. The maximum Gasteiger partial charge on any atom is 0.234 e. The highest BCUT2D eigenvalue weighted by molar-refractivity contribution is 7.99. The number of thioether (sulfide) groups is 1. The topological polar surface area (TPSA) is 78.3 Å². The maximum atomic E-state index is 12.6. The first-order chi connectivity index (χ1) is 15.6. The SMILES string of the molecule is C=CCn1c(SCC(=O)Nc2cc(OC)ccc2OC)nnc1-c1csc2c1CCCC2. The zero-order valence-electron chi connectivity index (χ0n) is 18.2. The van der Waals surface area contributed by atoms with Crippen LogP contribution in [0.15, 0.2) is 41.4 Å². The summed E-state index contributed by atoms with van der Waals surface area (Å²) in [5, 5.41) is 14.6. The molecular formula is C23H26N4O3S2. The Morgan fingerprint density at radius 2 is 2.12 bits per heavy atom. The predicted octanol–water partition coefficient (Wildman–Crippen LogP) is 4.82. The van der Waals surface area contributed by atoms with Crippen LogP contribution in [0.25, 0.3) is 11.4 Å². The summed E-state index contributed by atoms with van der Waals surface area (Å²) in [5.41, 5.74) is 3.13. The van der Waals surface area contributed by atoms with Crippen LogP contribution < -0.4 is 14.8 Å². The van der Waals surface area contributed by atoms with E-state index in [0.29, 0.717) is 28.9 Å². The first-order valence-corrected chi connectivity index (χ1v) is 12.3. The lowest BCUT2D eigenvalue weighted by molar-refractivity contribution is -0.113. The van der Waals surface area contributed by atoms with Crippen LogP contribution in [0.5, 0.6) is 11.5 Å². The van der Waals surface area contributed by atoms with E-state index >= 15 is 0 Å². The minimum atomic E-state index is -0.163. The summed E-state index contributed by atoms with van der Waals surface area (Å²) in [5.74, 6) is 2.09. The van der Waals surface area contributed by atoms with Gasteiger partial charge in [0.25, 0.3) is 0 Å². The highest BCUT2D eigenvalue weighted by Gasteiger charge is 2.22. The number of fused-ring (bicyclic) bond motifs is 1. The number of hydrogen-bond acceptors (Lipinski definition) is 7. The Kier molecular flexibility index (Phi) is 7.16. The predicted molar refractivity (Wildman–Crippen MR) is 129 cm³/mol. The first kappa shape index (κ1) is 22.4. The van der Waals surface area contributed by atoms with Crippen LogP contribution in [0.2, 0.25) is 0 Å². The minimum absolute atomic E-state index is 0.163. The van der Waals surface area contributed by atoms with E-state index in [1.807, 2.05) is 22.0 Å². The largest absolute Gasteiger partial charge is 0.497 e. The van der Waals surface area contributed by atoms with Crippen LogP contribution in [0.4, 0.5) is 5.69 Å². The molecule has 0 saturated carbocycles. The van der Waals surface area contributed by atoms with E-state index < -0.39 is 0 Å². The van der Waals surface area contributed by atoms with Gasteiger partial charge >= 0.3 is 0 Å². The average Bonchev–Trinajstić information content (AvgIpc) is 3.41. The van der Waals surface area contributed by atoms with E-state index in [4.69, 9.17) is 9.47 Å². The summed E-state index contributed by atoms with van der Waals surface area (Å²) < 4.78 is 12.6. The summed E-state index contributed by atoms with van der Waals surface area (Å²) in [4.78, 5) is 14.1. The fraction of sp³-hybridized carbons (Fsp3) is 0.348. The molecule has 1 aromatic carbocycles. The molecule has 9 heteroatoms. The van der Waals surface area contributed by atoms with Crippen molar-refractivity contribution >= 4 is 34.7 Å². The van der Waals surface area contributed by atoms with Gasteiger partial charge < -0.3 is 14.8 Å². The normalized spacial score (nSPS) is 12.8. The molecule has 0 spiro atoms. The third kappa shape index (κ3) is 4.68. The Morgan fingerprint density at radius 3 is 2.91 bits per heavy atom. The molecule has 1 aliphatic rings. The summed E-state index contributed by atoms with van der Waals surface area (Å²) in [6.45, 7) is 4.47. The lowest BCUT2D eigenvalue weighted by Crippen LogP contribution is -2.15. The summed E-state index contributed by atoms with van der Waals surface area (Å²) in [6.07, 6.45) is 6.52. The molecule has 2 heterocycles. The van der Waals surface area contributed by atoms with Gasteiger partial charge in [0.15, 0.2) is 11.0 Å². The number of thiophene rings is 1. The molecule has 0 unspecified atom stereocenters. The molecule has 0 bridgehead atoms. The number of anilines is 1. The molecule has 1 aliphatic carbocycles. The molecule has 168 valence electrons. The van der Waals surface area contributed by atoms with Gasteiger partial charge in [-0.3, -0.25) is 9.36 Å². The van der Waals surface area contributed by atoms with Crippen LogP contribution in [-0.2, 0) is 24.2 Å². The molecule has 1 amide bonds. The van der Waals surface area contributed by atoms with Gasteiger partial charge in [0, 0.05) is 28.4 Å². The van der Waals surface area contributed by atoms with Crippen molar-refractivity contribution in [3.63, 3.8) is 0 Å². The van der Waals surface area contributed by atoms with Crippen molar-refractivity contribution in [2.45, 2.75) is 37.4 Å². The van der Waals surface area contributed by atoms with Gasteiger partial charge in [0.05, 0.1) is 25.7 Å². The van der Waals surface area contributed by atoms with Gasteiger partial charge in [-0.1, -0.05) is 17.8 Å². The minimum Gasteiger partial charge on any atom is -0.497 e. The van der Waals surface area contributed by atoms with Crippen molar-refractivity contribution in [2.24, 2.45) is 0 Å². The molecule has 2 aromatic heterocycles. The number of aryl methyl sites for hydroxylation is 1. The summed E-state index contributed by atoms with van der Waals surface area (Å²) >= 11 is 3.16. The number of carbonyl (C=O) groups excluding carboxylic acids is 1. The standard InChI is InChI=1S/C23H26N4O3S2/c1-4-11-27-22(17-13-31-20-8-6-5-7-16(17)20)25-26-23(27)32-14-21(28)24-18-12-15(29-2)9-10-19(18)30-3/h4,9-10,12-13H,1,5-8,11,14H2,2-3H3,(H,24,28). The van der Waals surface area contributed by atoms with E-state index in [-0.39, 0.29) is 11.7 Å². The number of hydrogen-bond donors (Lipinski definition) is 1. The fourth-order valence-electron chi connectivity index (χ4n) is 3.80. The number of nitrogens with one attached hydrogen (secondary N) is 1. The molecule has 0 aliphatic heterocycles. The zero-order valence-corrected chi connectivity index (χ0v) is 19.9. The number of ether oxygens (including phenoxy) is 2. The van der Waals surface area contributed by atoms with Crippen LogP contribution in [-0.4, -0.2) is 40.6 Å². The van der Waals surface area contributed by atoms with Crippen molar-refractivity contribution < 1.29 is 14.3 Å². The quantitative estimate of drug-likeness (QED) is 0.357. The van der Waals surface area contributed by atoms with Crippen molar-refractivity contribution in [2.75, 3.05) is 25.3 Å². The smallest absolute Gasteiger partial charge is 0.234 e. The average molecular weight is 471 g/mol. The highest BCUT2D eigenvalue weighted by Crippen LogP contribution is 2.37. The number of allylic oxidation sites excluding steroid dienone is 1. The molecule has 1 N–H and O–H groups in total. The Labute approximate surface area is 195 Å². The van der Waals surface area contributed by atoms with Gasteiger partial charge in [-0.05, 0) is 43.4 Å². The Hall–Kier alpha value is -2.78. The molecule has 3 aromatic rings. The number of nitrogens with zero attached hydrogens (tertiary/aromatic N) is 3. The van der Waals surface area contributed by atoms with Crippen molar-refractivity contribution in [3.8, 4) is 22.9 Å². The Morgan fingerprint density at radius 1 is 1.28 bits per heavy atom. The first-order valence-electron chi connectivity index (χ1n) is 10.4. The molecule has 7 nitrogen and oxygen atoms in total. The van der Waals surface area contributed by atoms with Gasteiger partial charge in [-0.2, -0.15) is 0 Å². The molecule has 32 heavy (non-hydrogen) atoms. The van der Waals surface area contributed by atoms with Gasteiger partial charge in [0.2, 0.25) is 5.91 Å². The summed E-state index contributed by atoms with van der Waals surface area (Å²) in [7, 11) is 3.15. The highest BCUT2D eigenvalue weighted by atomic mass is 32.2. The van der Waals surface area contributed by atoms with E-state index in [1.165, 1.54) is 35.0 Å². The van der Waals surface area contributed by atoms with Gasteiger partial charge in [0.1, 0.15) is 11.5 Å². The molecular weight excluding hydrogens is 444 g/mol. The van der Waals surface area contributed by atoms with E-state index in [9.17, 15) is 4.79 Å². The fourth-order valence-corrected chi connectivity index (χ4v) is 5.67. The van der Waals surface area contributed by atoms with Crippen molar-refractivity contribution in [1.29, 1.82) is 0 Å². The lowest BCUT2D eigenvalue weighted by atomic mass is 9.95. The number of rotatable bonds is 9. The molecule has 4 rings (SSSR count). The number of amides is 1. The van der Waals surface area contributed by atoms with E-state index in [1.54, 1.807) is 32.4 Å². The van der Waals surface area contributed by atoms with Crippen molar-refractivity contribution in [3.05, 3.63) is 46.7 Å². The third-order valence-corrected chi connectivity index (χ3v) is 7.40. The Balaban J connectivity index is 1.50. The van der Waals surface area contributed by atoms with E-state index in [0.717, 1.165) is 24.2 Å². The lowest BCUT2D eigenvalue weighted by Gasteiger charge is -2.13. The Bertz CT molecular complexity index is 1120. The van der Waals surface area contributed by atoms with Gasteiger partial charge in [-0.15, -0.1) is 28.1 Å². The number of methoxy groups -OCH3 is 2. The van der Waals surface area contributed by atoms with Crippen LogP contribution in [0.1, 0.15) is 23.3 Å². The molecule has 0 atom stereocenters. The second-order valence-corrected chi connectivity index (χ2v) is 9.27. The molecule has 0 fully saturated rings. The van der Waals surface area contributed by atoms with Crippen molar-refractivity contribution in [1.82, 2.24) is 14.8 Å².